The molecule has 5 nitrogen and oxygen atoms in total. The van der Waals surface area contributed by atoms with Crippen LogP contribution in [-0.4, -0.2) is 8.42 Å². The van der Waals surface area contributed by atoms with Crippen molar-refractivity contribution in [1.82, 2.24) is 0 Å². The van der Waals surface area contributed by atoms with Crippen LogP contribution in [0.15, 0.2) is 35.2 Å². The fraction of sp³-hybridized carbons (Fsp3) is 0. The van der Waals surface area contributed by atoms with E-state index in [-0.39, 0.29) is 22.0 Å². The number of rotatable bonds is 3. The average molecular weight is 317 g/mol. The molecule has 0 fully saturated rings. The molecule has 0 saturated carbocycles. The van der Waals surface area contributed by atoms with Gasteiger partial charge in [-0.3, -0.25) is 0 Å². The molecule has 0 spiro atoms. The fourth-order valence-corrected chi connectivity index (χ4v) is 2.37. The number of para-hydroxylation sites is 1. The summed E-state index contributed by atoms with van der Waals surface area (Å²) in [5.41, 5.74) is 5.35. The molecule has 9 heteroatoms. The number of nitrogen functional groups attached to an aromatic ring is 1. The standard InChI is InChI=1S/C12H10F3N3O2S/c13-7-4-6(5-8(14)11(7)15)18-9-2-1-3-10(12(9)16)21(17,19)20/h1-5,18H,16H2,(H2,17,19,20). The highest BCUT2D eigenvalue weighted by atomic mass is 32.2. The molecule has 0 aromatic heterocycles. The highest BCUT2D eigenvalue weighted by molar-refractivity contribution is 7.89. The molecule has 0 radical (unpaired) electrons. The lowest BCUT2D eigenvalue weighted by Crippen LogP contribution is -2.15. The summed E-state index contributed by atoms with van der Waals surface area (Å²) in [6.07, 6.45) is 0. The molecule has 112 valence electrons. The van der Waals surface area contributed by atoms with E-state index in [9.17, 15) is 21.6 Å². The monoisotopic (exact) mass is 317 g/mol. The molecule has 0 unspecified atom stereocenters. The lowest BCUT2D eigenvalue weighted by molar-refractivity contribution is 0.448. The summed E-state index contributed by atoms with van der Waals surface area (Å²) < 4.78 is 61.7. The van der Waals surface area contributed by atoms with E-state index < -0.39 is 27.5 Å². The Labute approximate surface area is 118 Å². The smallest absolute Gasteiger partial charge is 0.240 e. The zero-order valence-electron chi connectivity index (χ0n) is 10.4. The summed E-state index contributed by atoms with van der Waals surface area (Å²) in [7, 11) is -4.04. The molecule has 0 bridgehead atoms. The lowest BCUT2D eigenvalue weighted by atomic mass is 10.2. The number of nitrogens with one attached hydrogen (secondary N) is 1. The van der Waals surface area contributed by atoms with Crippen LogP contribution in [0.5, 0.6) is 0 Å². The van der Waals surface area contributed by atoms with Crippen LogP contribution in [-0.2, 0) is 10.0 Å². The fourth-order valence-electron chi connectivity index (χ4n) is 1.68. The molecule has 0 aliphatic heterocycles. The van der Waals surface area contributed by atoms with E-state index in [0.29, 0.717) is 12.1 Å². The van der Waals surface area contributed by atoms with Crippen molar-refractivity contribution < 1.29 is 21.6 Å². The largest absolute Gasteiger partial charge is 0.396 e. The maximum Gasteiger partial charge on any atom is 0.240 e. The van der Waals surface area contributed by atoms with Crippen molar-refractivity contribution in [2.75, 3.05) is 11.1 Å². The van der Waals surface area contributed by atoms with Gasteiger partial charge in [0.15, 0.2) is 17.5 Å². The van der Waals surface area contributed by atoms with Crippen LogP contribution in [0.1, 0.15) is 0 Å². The van der Waals surface area contributed by atoms with Crippen molar-refractivity contribution in [2.24, 2.45) is 5.14 Å². The third-order valence-corrected chi connectivity index (χ3v) is 3.60. The van der Waals surface area contributed by atoms with E-state index in [0.717, 1.165) is 0 Å². The van der Waals surface area contributed by atoms with Gasteiger partial charge in [0.1, 0.15) is 4.90 Å². The molecule has 2 aromatic rings. The van der Waals surface area contributed by atoms with E-state index in [1.54, 1.807) is 0 Å². The van der Waals surface area contributed by atoms with E-state index in [1.165, 1.54) is 18.2 Å². The van der Waals surface area contributed by atoms with Crippen molar-refractivity contribution in [3.63, 3.8) is 0 Å². The van der Waals surface area contributed by atoms with Gasteiger partial charge >= 0.3 is 0 Å². The van der Waals surface area contributed by atoms with Gasteiger partial charge in [0.05, 0.1) is 11.4 Å². The summed E-state index contributed by atoms with van der Waals surface area (Å²) in [4.78, 5) is -0.337. The maximum atomic E-state index is 13.1. The second-order valence-corrected chi connectivity index (χ2v) is 5.67. The maximum absolute atomic E-state index is 13.1. The van der Waals surface area contributed by atoms with Crippen LogP contribution < -0.4 is 16.2 Å². The van der Waals surface area contributed by atoms with Gasteiger partial charge in [0.2, 0.25) is 10.0 Å². The Morgan fingerprint density at radius 2 is 1.62 bits per heavy atom. The van der Waals surface area contributed by atoms with Crippen molar-refractivity contribution in [3.05, 3.63) is 47.8 Å². The molecule has 0 saturated heterocycles. The van der Waals surface area contributed by atoms with E-state index in [4.69, 9.17) is 10.9 Å². The first-order valence-electron chi connectivity index (χ1n) is 5.53. The van der Waals surface area contributed by atoms with Gasteiger partial charge in [-0.05, 0) is 12.1 Å². The Kier molecular flexibility index (Phi) is 3.79. The first-order chi connectivity index (χ1) is 9.70. The number of benzene rings is 2. The number of anilines is 3. The van der Waals surface area contributed by atoms with Crippen LogP contribution >= 0.6 is 0 Å². The van der Waals surface area contributed by atoms with Crippen molar-refractivity contribution in [3.8, 4) is 0 Å². The van der Waals surface area contributed by atoms with Gasteiger partial charge in [0, 0.05) is 17.8 Å². The van der Waals surface area contributed by atoms with Crippen LogP contribution in [0.4, 0.5) is 30.2 Å². The zero-order valence-corrected chi connectivity index (χ0v) is 11.2. The van der Waals surface area contributed by atoms with Crippen LogP contribution in [0, 0.1) is 17.5 Å². The molecule has 0 amide bonds. The quantitative estimate of drug-likeness (QED) is 0.596. The van der Waals surface area contributed by atoms with Crippen LogP contribution in [0.25, 0.3) is 0 Å². The third kappa shape index (κ3) is 3.09. The first kappa shape index (κ1) is 15.1. The minimum atomic E-state index is -4.04. The summed E-state index contributed by atoms with van der Waals surface area (Å²) in [6.45, 7) is 0. The first-order valence-corrected chi connectivity index (χ1v) is 7.07. The third-order valence-electron chi connectivity index (χ3n) is 2.64. The topological polar surface area (TPSA) is 98.2 Å². The molecule has 5 N–H and O–H groups in total. The predicted molar refractivity (Wildman–Crippen MR) is 71.8 cm³/mol. The molecule has 0 aliphatic rings. The number of sulfonamides is 1. The molecule has 0 atom stereocenters. The van der Waals surface area contributed by atoms with E-state index >= 15 is 0 Å². The summed E-state index contributed by atoms with van der Waals surface area (Å²) >= 11 is 0. The number of primary sulfonamides is 1. The van der Waals surface area contributed by atoms with Gasteiger partial charge < -0.3 is 11.1 Å². The zero-order chi connectivity index (χ0) is 15.8. The summed E-state index contributed by atoms with van der Waals surface area (Å²) in [6, 6.07) is 5.32. The SMILES string of the molecule is Nc1c(Nc2cc(F)c(F)c(F)c2)cccc1S(N)(=O)=O. The Bertz CT molecular complexity index is 786. The Morgan fingerprint density at radius 3 is 2.14 bits per heavy atom. The van der Waals surface area contributed by atoms with Crippen molar-refractivity contribution in [1.29, 1.82) is 0 Å². The van der Waals surface area contributed by atoms with Gasteiger partial charge in [-0.25, -0.2) is 26.7 Å². The van der Waals surface area contributed by atoms with Gasteiger partial charge in [-0.1, -0.05) is 6.07 Å². The van der Waals surface area contributed by atoms with Crippen LogP contribution in [0.2, 0.25) is 0 Å². The highest BCUT2D eigenvalue weighted by Gasteiger charge is 2.16. The normalized spacial score (nSPS) is 11.4. The Balaban J connectivity index is 2.46. The minimum absolute atomic E-state index is 0.0620. The summed E-state index contributed by atoms with van der Waals surface area (Å²) in [5.74, 6) is -4.39. The van der Waals surface area contributed by atoms with Gasteiger partial charge in [0.25, 0.3) is 0 Å². The van der Waals surface area contributed by atoms with Crippen LogP contribution in [0.3, 0.4) is 0 Å². The molecular formula is C12H10F3N3O2S. The van der Waals surface area contributed by atoms with Gasteiger partial charge in [-0.2, -0.15) is 0 Å². The average Bonchev–Trinajstić information content (AvgIpc) is 2.37. The molecule has 0 aliphatic carbocycles. The number of halogens is 3. The second-order valence-electron chi connectivity index (χ2n) is 4.14. The number of hydrogen-bond donors (Lipinski definition) is 3. The minimum Gasteiger partial charge on any atom is -0.396 e. The summed E-state index contributed by atoms with van der Waals surface area (Å²) in [5, 5.41) is 7.48. The van der Waals surface area contributed by atoms with Crippen molar-refractivity contribution in [2.45, 2.75) is 4.90 Å². The Morgan fingerprint density at radius 1 is 1.05 bits per heavy atom. The number of hydrogen-bond acceptors (Lipinski definition) is 4. The molecule has 21 heavy (non-hydrogen) atoms. The number of nitrogens with two attached hydrogens (primary N) is 2. The van der Waals surface area contributed by atoms with E-state index in [2.05, 4.69) is 5.32 Å². The Hall–Kier alpha value is -2.26. The second kappa shape index (κ2) is 5.26. The predicted octanol–water partition coefficient (Wildman–Crippen LogP) is 2.08. The highest BCUT2D eigenvalue weighted by Crippen LogP contribution is 2.29. The molecule has 0 heterocycles. The van der Waals surface area contributed by atoms with Gasteiger partial charge in [-0.15, -0.1) is 0 Å². The molecular weight excluding hydrogens is 307 g/mol. The lowest BCUT2D eigenvalue weighted by Gasteiger charge is -2.12. The van der Waals surface area contributed by atoms with Crippen molar-refractivity contribution >= 4 is 27.1 Å². The molecule has 2 aromatic carbocycles. The van der Waals surface area contributed by atoms with E-state index in [1.807, 2.05) is 0 Å². The molecule has 2 rings (SSSR count).